The van der Waals surface area contributed by atoms with Crippen LogP contribution in [0, 0.1) is 0 Å². The molecule has 1 amide bonds. The predicted octanol–water partition coefficient (Wildman–Crippen LogP) is 4.07. The topological polar surface area (TPSA) is 70.8 Å². The first-order valence-corrected chi connectivity index (χ1v) is 10.2. The van der Waals surface area contributed by atoms with Crippen LogP contribution in [0.25, 0.3) is 0 Å². The molecule has 160 valence electrons. The first-order chi connectivity index (χ1) is 15.1. The average molecular weight is 420 g/mol. The average Bonchev–Trinajstić information content (AvgIpc) is 2.80. The number of hydrogen-bond acceptors (Lipinski definition) is 5. The maximum atomic E-state index is 14.6. The van der Waals surface area contributed by atoms with Gasteiger partial charge < -0.3 is 15.8 Å². The smallest absolute Gasteiger partial charge is 0.255 e. The van der Waals surface area contributed by atoms with Crippen molar-refractivity contribution >= 4 is 23.0 Å². The van der Waals surface area contributed by atoms with Crippen LogP contribution in [0.5, 0.6) is 0 Å². The molecule has 0 radical (unpaired) electrons. The zero-order valence-corrected chi connectivity index (χ0v) is 17.1. The van der Waals surface area contributed by atoms with E-state index in [-0.39, 0.29) is 12.5 Å². The number of nitrogen functional groups attached to an aromatic ring is 1. The Morgan fingerprint density at radius 1 is 1.06 bits per heavy atom. The van der Waals surface area contributed by atoms with Gasteiger partial charge in [-0.1, -0.05) is 42.5 Å². The molecular weight excluding hydrogens is 395 g/mol. The minimum absolute atomic E-state index is 0.0467. The molecule has 3 aromatic rings. The van der Waals surface area contributed by atoms with Gasteiger partial charge in [-0.2, -0.15) is 5.01 Å². The van der Waals surface area contributed by atoms with Crippen LogP contribution < -0.4 is 16.1 Å². The van der Waals surface area contributed by atoms with Crippen molar-refractivity contribution in [3.8, 4) is 0 Å². The molecule has 1 aliphatic rings. The third-order valence-electron chi connectivity index (χ3n) is 5.17. The van der Waals surface area contributed by atoms with E-state index in [1.807, 2.05) is 59.6 Å². The molecule has 0 aliphatic carbocycles. The highest BCUT2D eigenvalue weighted by molar-refractivity contribution is 6.05. The van der Waals surface area contributed by atoms with Crippen LogP contribution in [0.15, 0.2) is 78.9 Å². The fourth-order valence-corrected chi connectivity index (χ4v) is 3.51. The zero-order valence-electron chi connectivity index (χ0n) is 17.1. The number of rotatable bonds is 6. The number of carbonyl (C=O) groups is 1. The number of nitrogens with zero attached hydrogens (tertiary/aromatic N) is 2. The van der Waals surface area contributed by atoms with Crippen molar-refractivity contribution in [3.63, 3.8) is 0 Å². The molecule has 0 aromatic heterocycles. The second-order valence-electron chi connectivity index (χ2n) is 7.30. The highest BCUT2D eigenvalue weighted by atomic mass is 19.1. The second-order valence-corrected chi connectivity index (χ2v) is 7.30. The van der Waals surface area contributed by atoms with Crippen molar-refractivity contribution < 1.29 is 13.9 Å². The summed E-state index contributed by atoms with van der Waals surface area (Å²) in [6, 6.07) is 24.1. The third-order valence-corrected chi connectivity index (χ3v) is 5.17. The summed E-state index contributed by atoms with van der Waals surface area (Å²) in [6.45, 7) is 1.46. The predicted molar refractivity (Wildman–Crippen MR) is 120 cm³/mol. The van der Waals surface area contributed by atoms with E-state index in [1.165, 1.54) is 0 Å². The number of halogens is 1. The number of nitrogens with one attached hydrogen (secondary N) is 1. The van der Waals surface area contributed by atoms with Crippen LogP contribution in [0.4, 0.5) is 21.5 Å². The lowest BCUT2D eigenvalue weighted by molar-refractivity contribution is -0.0694. The molecule has 6 nitrogen and oxygen atoms in total. The van der Waals surface area contributed by atoms with Crippen molar-refractivity contribution in [1.29, 1.82) is 0 Å². The first kappa shape index (κ1) is 20.8. The highest BCUT2D eigenvalue weighted by Gasteiger charge is 2.28. The molecule has 4 rings (SSSR count). The molecule has 3 aromatic carbocycles. The maximum absolute atomic E-state index is 14.6. The molecule has 0 bridgehead atoms. The van der Waals surface area contributed by atoms with Crippen LogP contribution >= 0.6 is 0 Å². The number of hydrazine groups is 1. The molecule has 7 heteroatoms. The van der Waals surface area contributed by atoms with Crippen molar-refractivity contribution in [3.05, 3.63) is 90.0 Å². The number of morpholine rings is 1. The molecule has 0 saturated carbocycles. The van der Waals surface area contributed by atoms with Gasteiger partial charge in [0.2, 0.25) is 0 Å². The molecule has 0 spiro atoms. The monoisotopic (exact) mass is 420 g/mol. The van der Waals surface area contributed by atoms with Crippen molar-refractivity contribution in [2.75, 3.05) is 35.8 Å². The summed E-state index contributed by atoms with van der Waals surface area (Å²) < 4.78 is 19.8. The van der Waals surface area contributed by atoms with E-state index in [1.54, 1.807) is 29.3 Å². The number of para-hydroxylation sites is 3. The van der Waals surface area contributed by atoms with Crippen LogP contribution in [0.1, 0.15) is 15.9 Å². The van der Waals surface area contributed by atoms with E-state index in [0.717, 1.165) is 11.3 Å². The lowest BCUT2D eigenvalue weighted by Gasteiger charge is -2.40. The lowest BCUT2D eigenvalue weighted by Crippen LogP contribution is -2.53. The summed E-state index contributed by atoms with van der Waals surface area (Å²) >= 11 is 0. The van der Waals surface area contributed by atoms with E-state index in [9.17, 15) is 9.18 Å². The van der Waals surface area contributed by atoms with E-state index in [0.29, 0.717) is 36.6 Å². The van der Waals surface area contributed by atoms with Crippen LogP contribution in [0.2, 0.25) is 0 Å². The summed E-state index contributed by atoms with van der Waals surface area (Å²) in [5.74, 6) is -0.235. The van der Waals surface area contributed by atoms with Gasteiger partial charge in [-0.05, 0) is 42.0 Å². The van der Waals surface area contributed by atoms with Gasteiger partial charge in [-0.25, -0.2) is 4.39 Å². The van der Waals surface area contributed by atoms with E-state index >= 15 is 0 Å². The SMILES string of the molecule is Nc1ccccc1NC(=O)c1ccc(CN(c2ccccc2)N2CCOCC2F)cc1. The van der Waals surface area contributed by atoms with E-state index in [2.05, 4.69) is 5.32 Å². The second kappa shape index (κ2) is 9.59. The van der Waals surface area contributed by atoms with E-state index < -0.39 is 6.30 Å². The molecule has 1 fully saturated rings. The summed E-state index contributed by atoms with van der Waals surface area (Å²) in [5.41, 5.74) is 9.36. The van der Waals surface area contributed by atoms with Gasteiger partial charge in [0.05, 0.1) is 36.8 Å². The van der Waals surface area contributed by atoms with Crippen molar-refractivity contribution in [2.45, 2.75) is 12.8 Å². The summed E-state index contributed by atoms with van der Waals surface area (Å²) in [4.78, 5) is 12.6. The quantitative estimate of drug-likeness (QED) is 0.465. The summed E-state index contributed by atoms with van der Waals surface area (Å²) in [6.07, 6.45) is -1.21. The van der Waals surface area contributed by atoms with Gasteiger partial charge >= 0.3 is 0 Å². The molecule has 1 unspecified atom stereocenters. The Hall–Kier alpha value is -3.42. The lowest BCUT2D eigenvalue weighted by atomic mass is 10.1. The Morgan fingerprint density at radius 3 is 2.48 bits per heavy atom. The van der Waals surface area contributed by atoms with E-state index in [4.69, 9.17) is 10.5 Å². The van der Waals surface area contributed by atoms with Gasteiger partial charge in [-0.15, -0.1) is 0 Å². The molecule has 1 aliphatic heterocycles. The molecule has 1 saturated heterocycles. The highest BCUT2D eigenvalue weighted by Crippen LogP contribution is 2.24. The normalized spacial score (nSPS) is 16.6. The molecule has 3 N–H and O–H groups in total. The molecule has 31 heavy (non-hydrogen) atoms. The third kappa shape index (κ3) is 5.02. The Labute approximate surface area is 181 Å². The number of benzene rings is 3. The van der Waals surface area contributed by atoms with Crippen LogP contribution in [0.3, 0.4) is 0 Å². The number of ether oxygens (including phenoxy) is 1. The van der Waals surface area contributed by atoms with Gasteiger partial charge in [0.1, 0.15) is 0 Å². The number of amides is 1. The number of nitrogens with two attached hydrogens (primary N) is 1. The van der Waals surface area contributed by atoms with Gasteiger partial charge in [0.15, 0.2) is 6.30 Å². The van der Waals surface area contributed by atoms with Crippen LogP contribution in [-0.2, 0) is 11.3 Å². The minimum Gasteiger partial charge on any atom is -0.397 e. The molecular formula is C24H25FN4O2. The Morgan fingerprint density at radius 2 is 1.77 bits per heavy atom. The Balaban J connectivity index is 1.50. The summed E-state index contributed by atoms with van der Waals surface area (Å²) in [5, 5.41) is 6.44. The molecule has 1 atom stereocenters. The number of hydrogen-bond donors (Lipinski definition) is 2. The number of anilines is 3. The van der Waals surface area contributed by atoms with Gasteiger partial charge in [0, 0.05) is 12.1 Å². The Kier molecular flexibility index (Phi) is 6.45. The van der Waals surface area contributed by atoms with Crippen LogP contribution in [-0.4, -0.2) is 37.0 Å². The fraction of sp³-hybridized carbons (Fsp3) is 0.208. The Bertz CT molecular complexity index is 1010. The van der Waals surface area contributed by atoms with Crippen molar-refractivity contribution in [2.24, 2.45) is 0 Å². The maximum Gasteiger partial charge on any atom is 0.255 e. The van der Waals surface area contributed by atoms with Gasteiger partial charge in [-0.3, -0.25) is 9.80 Å². The van der Waals surface area contributed by atoms with Gasteiger partial charge in [0.25, 0.3) is 5.91 Å². The molecule has 1 heterocycles. The van der Waals surface area contributed by atoms with Crippen molar-refractivity contribution in [1.82, 2.24) is 5.01 Å². The minimum atomic E-state index is -1.21. The number of carbonyl (C=O) groups excluding carboxylic acids is 1. The largest absolute Gasteiger partial charge is 0.397 e. The standard InChI is InChI=1S/C24H25FN4O2/c25-23-17-31-15-14-28(23)29(20-6-2-1-3-7-20)16-18-10-12-19(13-11-18)24(30)27-22-9-5-4-8-21(22)26/h1-13,23H,14-17,26H2,(H,27,30). The zero-order chi connectivity index (χ0) is 21.6. The fourth-order valence-electron chi connectivity index (χ4n) is 3.51. The summed E-state index contributed by atoms with van der Waals surface area (Å²) in [7, 11) is 0. The number of alkyl halides is 1. The first-order valence-electron chi connectivity index (χ1n) is 10.2.